The lowest BCUT2D eigenvalue weighted by atomic mass is 9.79. The molecule has 122 valence electrons. The van der Waals surface area contributed by atoms with E-state index in [-0.39, 0.29) is 12.8 Å². The van der Waals surface area contributed by atoms with Crippen LogP contribution < -0.4 is 0 Å². The lowest BCUT2D eigenvalue weighted by Gasteiger charge is -2.26. The number of ether oxygens (including phenoxy) is 2. The van der Waals surface area contributed by atoms with Gasteiger partial charge in [-0.3, -0.25) is 9.59 Å². The van der Waals surface area contributed by atoms with Crippen LogP contribution in [0.5, 0.6) is 0 Å². The van der Waals surface area contributed by atoms with Crippen LogP contribution in [0.2, 0.25) is 0 Å². The summed E-state index contributed by atoms with van der Waals surface area (Å²) in [4.78, 5) is 24.4. The normalized spacial score (nSPS) is 10.3. The van der Waals surface area contributed by atoms with Crippen LogP contribution in [0.3, 0.4) is 0 Å². The third kappa shape index (κ3) is 4.97. The molecule has 0 radical (unpaired) electrons. The minimum absolute atomic E-state index is 0.00469. The summed E-state index contributed by atoms with van der Waals surface area (Å²) in [5.41, 5.74) is -0.0315. The second kappa shape index (κ2) is 8.54. The van der Waals surface area contributed by atoms with Gasteiger partial charge in [0.25, 0.3) is 0 Å². The van der Waals surface area contributed by atoms with Gasteiger partial charge in [-0.2, -0.15) is 0 Å². The Balaban J connectivity index is 3.14. The van der Waals surface area contributed by atoms with Gasteiger partial charge in [0.1, 0.15) is 0 Å². The van der Waals surface area contributed by atoms with E-state index in [1.54, 1.807) is 6.92 Å². The van der Waals surface area contributed by atoms with Crippen LogP contribution in [0.1, 0.15) is 25.3 Å². The fourth-order valence-corrected chi connectivity index (χ4v) is 2.44. The van der Waals surface area contributed by atoms with Gasteiger partial charge in [-0.1, -0.05) is 33.3 Å². The van der Waals surface area contributed by atoms with E-state index in [0.29, 0.717) is 5.57 Å². The molecule has 0 saturated carbocycles. The van der Waals surface area contributed by atoms with E-state index in [2.05, 4.69) is 34.3 Å². The quantitative estimate of drug-likeness (QED) is 0.340. The SMILES string of the molecule is C=C(C)CC(CC#Cc1ccc(Br)cc1)(C(=O)OC)C(=O)OC. The lowest BCUT2D eigenvalue weighted by molar-refractivity contribution is -0.168. The maximum Gasteiger partial charge on any atom is 0.324 e. The average Bonchev–Trinajstić information content (AvgIpc) is 2.53. The number of halogens is 1. The third-order valence-electron chi connectivity index (χ3n) is 3.22. The molecule has 1 aromatic carbocycles. The number of rotatable bonds is 5. The number of esters is 2. The average molecular weight is 379 g/mol. The Morgan fingerprint density at radius 1 is 1.17 bits per heavy atom. The number of allylic oxidation sites excluding steroid dienone is 1. The van der Waals surface area contributed by atoms with Gasteiger partial charge in [-0.15, -0.1) is 6.58 Å². The predicted octanol–water partition coefficient (Wildman–Crippen LogP) is 3.49. The first-order valence-corrected chi connectivity index (χ1v) is 7.70. The van der Waals surface area contributed by atoms with Gasteiger partial charge < -0.3 is 9.47 Å². The fourth-order valence-electron chi connectivity index (χ4n) is 2.17. The molecule has 0 aromatic heterocycles. The maximum atomic E-state index is 12.2. The van der Waals surface area contributed by atoms with Crippen molar-refractivity contribution in [2.75, 3.05) is 14.2 Å². The highest BCUT2D eigenvalue weighted by molar-refractivity contribution is 9.10. The van der Waals surface area contributed by atoms with E-state index in [9.17, 15) is 9.59 Å². The van der Waals surface area contributed by atoms with Crippen molar-refractivity contribution in [3.63, 3.8) is 0 Å². The van der Waals surface area contributed by atoms with Crippen LogP contribution in [0, 0.1) is 17.3 Å². The van der Waals surface area contributed by atoms with Crippen molar-refractivity contribution in [1.29, 1.82) is 0 Å². The Morgan fingerprint density at radius 3 is 2.13 bits per heavy atom. The van der Waals surface area contributed by atoms with Crippen molar-refractivity contribution in [2.45, 2.75) is 19.8 Å². The number of methoxy groups -OCH3 is 2. The number of hydrogen-bond donors (Lipinski definition) is 0. The summed E-state index contributed by atoms with van der Waals surface area (Å²) in [6.45, 7) is 5.52. The Morgan fingerprint density at radius 2 is 1.70 bits per heavy atom. The number of carbonyl (C=O) groups is 2. The van der Waals surface area contributed by atoms with Crippen molar-refractivity contribution in [3.8, 4) is 11.8 Å². The molecule has 0 atom stereocenters. The predicted molar refractivity (Wildman–Crippen MR) is 91.5 cm³/mol. The summed E-state index contributed by atoms with van der Waals surface area (Å²) in [5, 5.41) is 0. The first-order chi connectivity index (χ1) is 10.9. The van der Waals surface area contributed by atoms with Crippen molar-refractivity contribution in [1.82, 2.24) is 0 Å². The molecule has 0 fully saturated rings. The van der Waals surface area contributed by atoms with Gasteiger partial charge in [-0.05, 0) is 37.6 Å². The Hall–Kier alpha value is -2.06. The Labute approximate surface area is 145 Å². The molecule has 0 bridgehead atoms. The largest absolute Gasteiger partial charge is 0.468 e. The molecule has 1 aromatic rings. The first-order valence-electron chi connectivity index (χ1n) is 6.91. The molecule has 0 aliphatic heterocycles. The molecule has 0 heterocycles. The van der Waals surface area contributed by atoms with Gasteiger partial charge >= 0.3 is 11.9 Å². The summed E-state index contributed by atoms with van der Waals surface area (Å²) >= 11 is 3.35. The standard InChI is InChI=1S/C18H19BrO4/c1-13(2)12-18(16(20)22-3,17(21)23-4)11-5-6-14-7-9-15(19)10-8-14/h7-10H,1,11-12H2,2-4H3. The van der Waals surface area contributed by atoms with E-state index < -0.39 is 17.4 Å². The van der Waals surface area contributed by atoms with Gasteiger partial charge in [0.2, 0.25) is 0 Å². The summed E-state index contributed by atoms with van der Waals surface area (Å²) in [6.07, 6.45) is 0.122. The summed E-state index contributed by atoms with van der Waals surface area (Å²) in [6, 6.07) is 7.42. The second-order valence-electron chi connectivity index (χ2n) is 5.18. The minimum Gasteiger partial charge on any atom is -0.468 e. The molecule has 0 spiro atoms. The van der Waals surface area contributed by atoms with Crippen LogP contribution >= 0.6 is 15.9 Å². The highest BCUT2D eigenvalue weighted by Gasteiger charge is 2.47. The molecular weight excluding hydrogens is 360 g/mol. The van der Waals surface area contributed by atoms with Crippen molar-refractivity contribution in [3.05, 3.63) is 46.5 Å². The molecule has 23 heavy (non-hydrogen) atoms. The smallest absolute Gasteiger partial charge is 0.324 e. The van der Waals surface area contributed by atoms with E-state index >= 15 is 0 Å². The zero-order valence-electron chi connectivity index (χ0n) is 13.4. The van der Waals surface area contributed by atoms with E-state index in [1.807, 2.05) is 24.3 Å². The summed E-state index contributed by atoms with van der Waals surface area (Å²) in [5.74, 6) is 4.49. The van der Waals surface area contributed by atoms with Crippen LogP contribution in [0.4, 0.5) is 0 Å². The van der Waals surface area contributed by atoms with Crippen molar-refractivity contribution in [2.24, 2.45) is 5.41 Å². The minimum atomic E-state index is -1.49. The number of benzene rings is 1. The zero-order valence-corrected chi connectivity index (χ0v) is 15.0. The third-order valence-corrected chi connectivity index (χ3v) is 3.75. The van der Waals surface area contributed by atoms with Gasteiger partial charge in [-0.25, -0.2) is 0 Å². The molecule has 0 unspecified atom stereocenters. The number of carbonyl (C=O) groups excluding carboxylic acids is 2. The van der Waals surface area contributed by atoms with E-state index in [1.165, 1.54) is 14.2 Å². The summed E-state index contributed by atoms with van der Waals surface area (Å²) < 4.78 is 10.6. The Bertz CT molecular complexity index is 634. The highest BCUT2D eigenvalue weighted by Crippen LogP contribution is 2.33. The van der Waals surface area contributed by atoms with E-state index in [0.717, 1.165) is 10.0 Å². The van der Waals surface area contributed by atoms with Crippen molar-refractivity contribution >= 4 is 27.9 Å². The van der Waals surface area contributed by atoms with Gasteiger partial charge in [0, 0.05) is 16.5 Å². The van der Waals surface area contributed by atoms with Gasteiger partial charge in [0.05, 0.1) is 14.2 Å². The van der Waals surface area contributed by atoms with E-state index in [4.69, 9.17) is 9.47 Å². The molecule has 4 nitrogen and oxygen atoms in total. The monoisotopic (exact) mass is 378 g/mol. The molecule has 0 amide bonds. The zero-order chi connectivity index (χ0) is 17.5. The molecule has 0 aliphatic carbocycles. The lowest BCUT2D eigenvalue weighted by Crippen LogP contribution is -2.41. The molecular formula is C18H19BrO4. The molecule has 5 heteroatoms. The second-order valence-corrected chi connectivity index (χ2v) is 6.10. The van der Waals surface area contributed by atoms with Crippen LogP contribution in [-0.4, -0.2) is 26.2 Å². The molecule has 0 aliphatic rings. The van der Waals surface area contributed by atoms with Gasteiger partial charge in [0.15, 0.2) is 5.41 Å². The highest BCUT2D eigenvalue weighted by atomic mass is 79.9. The number of hydrogen-bond acceptors (Lipinski definition) is 4. The van der Waals surface area contributed by atoms with Crippen LogP contribution in [0.25, 0.3) is 0 Å². The topological polar surface area (TPSA) is 52.6 Å². The van der Waals surface area contributed by atoms with Crippen LogP contribution in [0.15, 0.2) is 40.9 Å². The Kier molecular flexibility index (Phi) is 7.05. The fraction of sp³-hybridized carbons (Fsp3) is 0.333. The molecule has 1 rings (SSSR count). The van der Waals surface area contributed by atoms with Crippen molar-refractivity contribution < 1.29 is 19.1 Å². The summed E-state index contributed by atoms with van der Waals surface area (Å²) in [7, 11) is 2.47. The molecule has 0 saturated heterocycles. The first kappa shape index (κ1) is 19.0. The van der Waals surface area contributed by atoms with Crippen LogP contribution in [-0.2, 0) is 19.1 Å². The maximum absolute atomic E-state index is 12.2. The molecule has 0 N–H and O–H groups in total.